The number of aliphatic hydroxyl groups excluding tert-OH is 1. The van der Waals surface area contributed by atoms with Gasteiger partial charge in [-0.25, -0.2) is 4.39 Å². The molecule has 1 unspecified atom stereocenters. The van der Waals surface area contributed by atoms with Crippen LogP contribution in [0.3, 0.4) is 0 Å². The third-order valence-corrected chi connectivity index (χ3v) is 4.43. The maximum atomic E-state index is 13.2. The first kappa shape index (κ1) is 15.2. The highest BCUT2D eigenvalue weighted by atomic mass is 19.1. The molecule has 1 fully saturated rings. The van der Waals surface area contributed by atoms with Gasteiger partial charge in [-0.15, -0.1) is 0 Å². The van der Waals surface area contributed by atoms with Crippen LogP contribution in [0.5, 0.6) is 0 Å². The highest BCUT2D eigenvalue weighted by molar-refractivity contribution is 5.78. The number of nitrogens with one attached hydrogen (secondary N) is 1. The van der Waals surface area contributed by atoms with E-state index >= 15 is 0 Å². The van der Waals surface area contributed by atoms with E-state index in [-0.39, 0.29) is 12.0 Å². The number of likely N-dealkylation sites (tertiary alicyclic amines) is 1. The molecule has 1 atom stereocenters. The van der Waals surface area contributed by atoms with Crippen LogP contribution >= 0.6 is 0 Å². The largest absolute Gasteiger partial charge is 0.396 e. The second-order valence-corrected chi connectivity index (χ2v) is 5.98. The summed E-state index contributed by atoms with van der Waals surface area (Å²) in [4.78, 5) is 17.7. The van der Waals surface area contributed by atoms with Gasteiger partial charge in [0.05, 0.1) is 0 Å². The number of pyridine rings is 1. The Labute approximate surface area is 128 Å². The van der Waals surface area contributed by atoms with E-state index < -0.39 is 5.82 Å². The normalized spacial score (nSPS) is 19.6. The fraction of sp³-hybridized carbons (Fsp3) is 0.471. The van der Waals surface area contributed by atoms with E-state index in [4.69, 9.17) is 0 Å². The van der Waals surface area contributed by atoms with Gasteiger partial charge in [-0.1, -0.05) is 6.42 Å². The summed E-state index contributed by atoms with van der Waals surface area (Å²) in [5, 5.41) is 9.58. The lowest BCUT2D eigenvalue weighted by Gasteiger charge is -2.35. The summed E-state index contributed by atoms with van der Waals surface area (Å²) >= 11 is 0. The topological polar surface area (TPSA) is 56.3 Å². The van der Waals surface area contributed by atoms with Crippen LogP contribution < -0.4 is 5.43 Å². The molecule has 0 spiro atoms. The molecule has 0 bridgehead atoms. The van der Waals surface area contributed by atoms with Gasteiger partial charge in [-0.05, 0) is 44.0 Å². The number of aromatic nitrogens is 1. The van der Waals surface area contributed by atoms with Crippen molar-refractivity contribution in [3.8, 4) is 0 Å². The van der Waals surface area contributed by atoms with E-state index in [0.29, 0.717) is 23.5 Å². The van der Waals surface area contributed by atoms with Crippen LogP contribution in [-0.4, -0.2) is 34.2 Å². The lowest BCUT2D eigenvalue weighted by atomic mass is 9.99. The molecule has 4 nitrogen and oxygen atoms in total. The zero-order valence-corrected chi connectivity index (χ0v) is 12.5. The minimum absolute atomic E-state index is 0.154. The van der Waals surface area contributed by atoms with Gasteiger partial charge in [0.2, 0.25) is 0 Å². The predicted molar refractivity (Wildman–Crippen MR) is 84.3 cm³/mol. The minimum Gasteiger partial charge on any atom is -0.396 e. The number of halogens is 1. The Hall–Kier alpha value is -1.72. The Balaban J connectivity index is 1.87. The van der Waals surface area contributed by atoms with Crippen molar-refractivity contribution in [2.45, 2.75) is 38.3 Å². The van der Waals surface area contributed by atoms with Crippen molar-refractivity contribution in [2.24, 2.45) is 0 Å². The third kappa shape index (κ3) is 3.20. The highest BCUT2D eigenvalue weighted by Gasteiger charge is 2.22. The molecular formula is C17H21FN2O2. The van der Waals surface area contributed by atoms with Crippen LogP contribution in [0.4, 0.5) is 4.39 Å². The molecule has 0 amide bonds. The van der Waals surface area contributed by atoms with Crippen LogP contribution in [0.15, 0.2) is 29.1 Å². The van der Waals surface area contributed by atoms with E-state index in [9.17, 15) is 14.3 Å². The maximum Gasteiger partial charge on any atom is 0.189 e. The monoisotopic (exact) mass is 304 g/mol. The first-order valence-electron chi connectivity index (χ1n) is 7.84. The van der Waals surface area contributed by atoms with Gasteiger partial charge in [0.25, 0.3) is 0 Å². The van der Waals surface area contributed by atoms with E-state index in [2.05, 4.69) is 9.88 Å². The molecule has 5 heteroatoms. The first-order valence-corrected chi connectivity index (χ1v) is 7.84. The van der Waals surface area contributed by atoms with Gasteiger partial charge in [0.15, 0.2) is 5.43 Å². The SMILES string of the molecule is O=c1cc(CN2CCCCC2CCO)[nH]c2ccc(F)cc12. The Bertz CT molecular complexity index is 711. The number of aliphatic hydroxyl groups is 1. The smallest absolute Gasteiger partial charge is 0.189 e. The standard InChI is InChI=1S/C17H21FN2O2/c18-12-4-5-16-15(9-12)17(22)10-13(19-16)11-20-7-2-1-3-14(20)6-8-21/h4-5,9-10,14,21H,1-3,6-8,11H2,(H,19,22). The van der Waals surface area contributed by atoms with E-state index in [1.165, 1.54) is 18.6 Å². The number of fused-ring (bicyclic) bond motifs is 1. The summed E-state index contributed by atoms with van der Waals surface area (Å²) in [6, 6.07) is 6.17. The Kier molecular flexibility index (Phi) is 4.55. The van der Waals surface area contributed by atoms with E-state index in [1.807, 2.05) is 0 Å². The highest BCUT2D eigenvalue weighted by Crippen LogP contribution is 2.21. The van der Waals surface area contributed by atoms with E-state index in [0.717, 1.165) is 31.5 Å². The number of aromatic amines is 1. The van der Waals surface area contributed by atoms with Crippen molar-refractivity contribution < 1.29 is 9.50 Å². The molecule has 2 N–H and O–H groups in total. The summed E-state index contributed by atoms with van der Waals surface area (Å²) in [6.45, 7) is 1.83. The van der Waals surface area contributed by atoms with Gasteiger partial charge in [-0.2, -0.15) is 0 Å². The average Bonchev–Trinajstić information content (AvgIpc) is 2.50. The lowest BCUT2D eigenvalue weighted by molar-refractivity contribution is 0.111. The predicted octanol–water partition coefficient (Wildman–Crippen LogP) is 2.40. The molecular weight excluding hydrogens is 283 g/mol. The van der Waals surface area contributed by atoms with Crippen molar-refractivity contribution in [3.05, 3.63) is 46.0 Å². The molecule has 1 aliphatic heterocycles. The molecule has 2 heterocycles. The zero-order valence-electron chi connectivity index (χ0n) is 12.5. The molecule has 1 aromatic heterocycles. The molecule has 1 aliphatic rings. The second kappa shape index (κ2) is 6.58. The van der Waals surface area contributed by atoms with Crippen LogP contribution in [0.2, 0.25) is 0 Å². The van der Waals surface area contributed by atoms with Gasteiger partial charge in [-0.3, -0.25) is 9.69 Å². The number of nitrogens with zero attached hydrogens (tertiary/aromatic N) is 1. The first-order chi connectivity index (χ1) is 10.7. The van der Waals surface area contributed by atoms with E-state index in [1.54, 1.807) is 12.1 Å². The summed E-state index contributed by atoms with van der Waals surface area (Å²) < 4.78 is 13.2. The lowest BCUT2D eigenvalue weighted by Crippen LogP contribution is -2.39. The second-order valence-electron chi connectivity index (χ2n) is 5.98. The number of piperidine rings is 1. The Morgan fingerprint density at radius 3 is 3.00 bits per heavy atom. The molecule has 118 valence electrons. The number of benzene rings is 1. The molecule has 0 radical (unpaired) electrons. The quantitative estimate of drug-likeness (QED) is 0.912. The van der Waals surface area contributed by atoms with Crippen LogP contribution in [0.1, 0.15) is 31.4 Å². The van der Waals surface area contributed by atoms with Crippen LogP contribution in [-0.2, 0) is 6.54 Å². The number of hydrogen-bond donors (Lipinski definition) is 2. The minimum atomic E-state index is -0.398. The molecule has 1 aromatic carbocycles. The van der Waals surface area contributed by atoms with Crippen molar-refractivity contribution in [1.29, 1.82) is 0 Å². The average molecular weight is 304 g/mol. The van der Waals surface area contributed by atoms with Crippen molar-refractivity contribution in [2.75, 3.05) is 13.2 Å². The van der Waals surface area contributed by atoms with Crippen molar-refractivity contribution in [3.63, 3.8) is 0 Å². The number of hydrogen-bond acceptors (Lipinski definition) is 3. The van der Waals surface area contributed by atoms with Crippen LogP contribution in [0, 0.1) is 5.82 Å². The van der Waals surface area contributed by atoms with Crippen LogP contribution in [0.25, 0.3) is 10.9 Å². The Morgan fingerprint density at radius 2 is 2.18 bits per heavy atom. The zero-order chi connectivity index (χ0) is 15.5. The van der Waals surface area contributed by atoms with Crippen molar-refractivity contribution >= 4 is 10.9 Å². The molecule has 2 aromatic rings. The summed E-state index contributed by atoms with van der Waals surface area (Å²) in [5.74, 6) is -0.398. The van der Waals surface area contributed by atoms with Gasteiger partial charge >= 0.3 is 0 Å². The molecule has 0 saturated carbocycles. The fourth-order valence-electron chi connectivity index (χ4n) is 3.32. The molecule has 1 saturated heterocycles. The third-order valence-electron chi connectivity index (χ3n) is 4.43. The fourth-order valence-corrected chi connectivity index (χ4v) is 3.32. The van der Waals surface area contributed by atoms with Gasteiger partial charge < -0.3 is 10.1 Å². The summed E-state index contributed by atoms with van der Waals surface area (Å²) in [5.41, 5.74) is 1.35. The number of H-pyrrole nitrogens is 1. The van der Waals surface area contributed by atoms with Gasteiger partial charge in [0, 0.05) is 41.9 Å². The summed E-state index contributed by atoms with van der Waals surface area (Å²) in [6.07, 6.45) is 4.19. The number of rotatable bonds is 4. The molecule has 3 rings (SSSR count). The molecule has 0 aliphatic carbocycles. The maximum absolute atomic E-state index is 13.2. The molecule has 22 heavy (non-hydrogen) atoms. The summed E-state index contributed by atoms with van der Waals surface area (Å²) in [7, 11) is 0. The Morgan fingerprint density at radius 1 is 1.32 bits per heavy atom. The van der Waals surface area contributed by atoms with Gasteiger partial charge in [0.1, 0.15) is 5.82 Å². The van der Waals surface area contributed by atoms with Crippen molar-refractivity contribution in [1.82, 2.24) is 9.88 Å².